The largest absolute Gasteiger partial charge is 2.00 e. The fraction of sp³-hybridized carbons (Fsp3) is 0.376. The average Bonchev–Trinajstić information content (AvgIpc) is 0.817. The second kappa shape index (κ2) is 64.6. The number of nitrogens with zero attached hydrogens (tertiary/aromatic N) is 7. The van der Waals surface area contributed by atoms with Crippen molar-refractivity contribution in [2.45, 2.75) is 122 Å². The molecule has 0 fully saturated rings. The number of non-ortho nitro benzene ring substituents is 3. The van der Waals surface area contributed by atoms with Gasteiger partial charge in [0.1, 0.15) is 22.2 Å². The van der Waals surface area contributed by atoms with Crippen LogP contribution >= 0.6 is 68.8 Å². The van der Waals surface area contributed by atoms with Gasteiger partial charge in [0.2, 0.25) is 29.5 Å². The quantitative estimate of drug-likeness (QED) is 0.00278. The Morgan fingerprint density at radius 3 is 1.04 bits per heavy atom. The summed E-state index contributed by atoms with van der Waals surface area (Å²) in [6.45, 7) is 29.4. The SMILES string of the molecule is C.C.CCOP(=O)(CC)OCC.CCOP(C)(=O)CC.CCOP(C)(=O)CS(=O)(=O)c1ccc(CC(=O)c2nc(-c3ccc(C)cc3)cnc2N)cc1.CCOP(C)(=O)CS(=O)(=O)c1ccc(N)cc1.CCOP(C)(=O)CS(=O)(=O)c1ccc([N+](=O)[O-])cc1.CCOP(C)(=O)CSc1ccc([N+](=O)[O-])cc1.Cc1ccc(-c2cnc(N)c(C(=O)O)n2)cc1.O=[N+]([O-])c1ccc(S)cc1.[Br-].[CH3-].[Mg+2]. The molecule has 0 aliphatic heterocycles. The van der Waals surface area contributed by atoms with Gasteiger partial charge in [0.15, 0.2) is 60.0 Å². The number of aromatic carboxylic acids is 1. The molecule has 0 radical (unpaired) electrons. The summed E-state index contributed by atoms with van der Waals surface area (Å²) in [7, 11) is -28.2. The molecule has 136 heavy (non-hydrogen) atoms. The first-order valence-corrected chi connectivity index (χ1v) is 59.1. The maximum Gasteiger partial charge on any atom is 2.00 e. The summed E-state index contributed by atoms with van der Waals surface area (Å²) in [5.41, 5.74) is 21.2. The number of carbonyl (C=O) groups excluding carboxylic acids is 1. The number of sulfone groups is 3. The van der Waals surface area contributed by atoms with E-state index in [0.717, 1.165) is 56.3 Å². The van der Waals surface area contributed by atoms with Crippen LogP contribution in [0.4, 0.5) is 34.4 Å². The number of thioether (sulfide) groups is 1. The minimum atomic E-state index is -3.80. The number of thiol groups is 1. The number of hydrogen-bond donors (Lipinski definition) is 5. The molecule has 5 unspecified atom stereocenters. The van der Waals surface area contributed by atoms with E-state index in [2.05, 4.69) is 32.6 Å². The first kappa shape index (κ1) is 135. The standard InChI is InChI=1S/C23H26N3O5PS.C12H11N3O2.C10H14NO6PS.C10H16NO4PS.C10H14NO4PS.C6H5NO2S.C6H15O3P.C5H13O2P.2CH4.CH3.BrH.Mg/c1-4-31-32(3,28)15-33(29,30)19-11-7-17(8-12-19)13-21(27)22-23(24)25-14-20(26-22)18-9-5-16(2)6-10-18;1-7-2-4-8(5-3-7)9-6-14-11(13)10(15-9)12(16)17;1-3-17-18(2,14)8-19(15,16)10-6-4-9(5-7-10)11(12)13;1-3-15-16(2,12)8-17(13,14)10-6-4-9(11)5-7-10;1-3-15-16(2,14)8-17-10-6-4-9(5-7-10)11(12)13;8-7(9)5-1-3-6(10)4-2-5;1-4-8-10(7,6-3)9-5-2;1-4-7-8(3,6)5-2;;;;;/h5-12,14H,4,13,15H2,1-3H3,(H2,24,25);2-6H,1H3,(H2,13,14)(H,16,17);4-7H,3,8H2,1-2H3;4-7H,3,8,11H2,1-2H3;4-7H,3,8H2,1-2H3;1-4,10H;4-6H2,1-3H3;4-5H2,1-3H3;2*1H4;1H3;1H;/q;;;;;;;;;;-1;;+2/p-1. The zero-order valence-electron chi connectivity index (χ0n) is 77.4. The Morgan fingerprint density at radius 1 is 0.434 bits per heavy atom. The van der Waals surface area contributed by atoms with E-state index in [9.17, 15) is 92.6 Å². The fourth-order valence-electron chi connectivity index (χ4n) is 10.2. The molecule has 0 saturated carbocycles. The van der Waals surface area contributed by atoms with Gasteiger partial charge in [-0.2, -0.15) is 0 Å². The number of carbonyl (C=O) groups is 2. The van der Waals surface area contributed by atoms with Gasteiger partial charge in [-0.1, -0.05) is 100 Å². The van der Waals surface area contributed by atoms with Crippen molar-refractivity contribution in [1.82, 2.24) is 19.9 Å². The Labute approximate surface area is 835 Å². The zero-order chi connectivity index (χ0) is 99.5. The van der Waals surface area contributed by atoms with Crippen LogP contribution in [0.15, 0.2) is 207 Å². The summed E-state index contributed by atoms with van der Waals surface area (Å²) >= 11 is 5.35. The zero-order valence-corrected chi connectivity index (χ0v) is 89.9. The number of aromatic nitrogens is 4. The number of nitro groups is 3. The molecule has 0 aliphatic rings. The summed E-state index contributed by atoms with van der Waals surface area (Å²) in [6.07, 6.45) is 4.05. The predicted molar refractivity (Wildman–Crippen MR) is 542 cm³/mol. The predicted octanol–water partition coefficient (Wildman–Crippen LogP) is 18.1. The van der Waals surface area contributed by atoms with Gasteiger partial charge < -0.3 is 78.4 Å². The molecule has 51 heteroatoms. The molecule has 0 saturated heterocycles. The van der Waals surface area contributed by atoms with Gasteiger partial charge in [-0.15, -0.1) is 24.4 Å². The second-order valence-corrected chi connectivity index (χ2v) is 52.8. The molecular weight excluding hydrogens is 2060 g/mol. The summed E-state index contributed by atoms with van der Waals surface area (Å²) in [4.78, 5) is 71.2. The van der Waals surface area contributed by atoms with Crippen LogP contribution in [0.5, 0.6) is 0 Å². The van der Waals surface area contributed by atoms with Crippen molar-refractivity contribution in [2.24, 2.45) is 0 Å². The van der Waals surface area contributed by atoms with Gasteiger partial charge in [-0.25, -0.2) is 50.0 Å². The molecule has 38 nitrogen and oxygen atoms in total. The number of carboxylic acid groups (broad SMARTS) is 1. The maximum absolute atomic E-state index is 12.9. The number of nitro benzene ring substituents is 3. The van der Waals surface area contributed by atoms with E-state index < -0.39 is 111 Å². The van der Waals surface area contributed by atoms with Crippen LogP contribution in [0.25, 0.3) is 22.5 Å². The van der Waals surface area contributed by atoms with Gasteiger partial charge in [-0.3, -0.25) is 62.5 Å². The summed E-state index contributed by atoms with van der Waals surface area (Å²) in [5, 5.41) is 39.9. The average molecular weight is 2190 g/mol. The van der Waals surface area contributed by atoms with E-state index in [1.165, 1.54) is 105 Å². The normalized spacial score (nSPS) is 12.9. The van der Waals surface area contributed by atoms with E-state index >= 15 is 0 Å². The monoisotopic (exact) mass is 2180 g/mol. The molecule has 752 valence electrons. The van der Waals surface area contributed by atoms with E-state index in [-0.39, 0.29) is 149 Å². The molecule has 0 amide bonds. The second-order valence-electron chi connectivity index (χ2n) is 27.8. The van der Waals surface area contributed by atoms with Crippen molar-refractivity contribution in [3.8, 4) is 22.5 Å². The minimum Gasteiger partial charge on any atom is -1.00 e. The van der Waals surface area contributed by atoms with Crippen LogP contribution in [0.2, 0.25) is 0 Å². The van der Waals surface area contributed by atoms with Gasteiger partial charge in [0.05, 0.1) is 105 Å². The van der Waals surface area contributed by atoms with E-state index in [1.54, 1.807) is 98.2 Å². The molecule has 2 heterocycles. The van der Waals surface area contributed by atoms with Crippen LogP contribution in [-0.4, -0.2) is 214 Å². The number of nitrogens with two attached hydrogens (primary N) is 3. The van der Waals surface area contributed by atoms with Gasteiger partial charge in [0.25, 0.3) is 17.1 Å². The minimum absolute atomic E-state index is 0. The smallest absolute Gasteiger partial charge is 1.00 e. The summed E-state index contributed by atoms with van der Waals surface area (Å²) in [5.74, 6) is -1.55. The third kappa shape index (κ3) is 51.5. The van der Waals surface area contributed by atoms with Crippen molar-refractivity contribution in [3.63, 3.8) is 0 Å². The number of benzene rings is 7. The summed E-state index contributed by atoms with van der Waals surface area (Å²) in [6, 6.07) is 43.5. The molecule has 2 aromatic heterocycles. The molecule has 0 spiro atoms. The number of nitrogen functional groups attached to an aromatic ring is 3. The van der Waals surface area contributed by atoms with Crippen molar-refractivity contribution >= 4 is 168 Å². The number of carboxylic acids is 1. The molecule has 0 aliphatic carbocycles. The van der Waals surface area contributed by atoms with E-state index in [0.29, 0.717) is 66.9 Å². The number of rotatable bonds is 37. The molecule has 7 aromatic carbocycles. The fourth-order valence-corrected chi connectivity index (χ4v) is 28.4. The third-order valence-electron chi connectivity index (χ3n) is 16.5. The van der Waals surface area contributed by atoms with Crippen LogP contribution in [0, 0.1) is 51.6 Å². The Morgan fingerprint density at radius 2 is 0.728 bits per heavy atom. The Hall–Kier alpha value is -7.66. The molecule has 9 aromatic rings. The number of Topliss-reactive ketones (excluding diaryl/α,β-unsaturated/α-hetero) is 1. The number of halogens is 1. The number of aryl methyl sites for hydroxylation is 2. The Balaban J connectivity index is -0.000000755. The van der Waals surface area contributed by atoms with Crippen LogP contribution in [0.1, 0.15) is 115 Å². The van der Waals surface area contributed by atoms with Crippen molar-refractivity contribution in [3.05, 3.63) is 248 Å². The van der Waals surface area contributed by atoms with Crippen LogP contribution in [0.3, 0.4) is 0 Å². The van der Waals surface area contributed by atoms with Gasteiger partial charge in [-0.05, 0) is 141 Å². The van der Waals surface area contributed by atoms with Gasteiger partial charge >= 0.3 is 36.6 Å². The van der Waals surface area contributed by atoms with Crippen LogP contribution in [-0.2, 0) is 95.0 Å². The summed E-state index contributed by atoms with van der Waals surface area (Å²) < 4.78 is 178. The molecular formula is C85H125BrMgN10O28P6S5. The molecule has 0 bridgehead atoms. The maximum atomic E-state index is 12.9. The number of anilines is 3. The van der Waals surface area contributed by atoms with Gasteiger partial charge in [0, 0.05) is 115 Å². The van der Waals surface area contributed by atoms with E-state index in [4.69, 9.17) is 54.0 Å². The van der Waals surface area contributed by atoms with Crippen molar-refractivity contribution < 1.29 is 131 Å². The third-order valence-corrected chi connectivity index (χ3v) is 39.7. The molecule has 9 rings (SSSR count). The number of ketones is 1. The Bertz CT molecular complexity index is 5900. The van der Waals surface area contributed by atoms with E-state index in [1.807, 2.05) is 76.2 Å². The topological polar surface area (TPSA) is 583 Å². The first-order chi connectivity index (χ1) is 61.0. The van der Waals surface area contributed by atoms with Crippen molar-refractivity contribution in [1.29, 1.82) is 0 Å². The molecule has 5 atom stereocenters. The van der Waals surface area contributed by atoms with Crippen molar-refractivity contribution in [2.75, 3.05) is 131 Å². The molecule has 7 N–H and O–H groups in total. The van der Waals surface area contributed by atoms with Crippen LogP contribution < -0.4 is 34.2 Å². The number of hydrogen-bond acceptors (Lipinski definition) is 36. The first-order valence-electron chi connectivity index (χ1n) is 39.7. The Kier molecular flexibility index (Phi) is 64.0.